The highest BCUT2D eigenvalue weighted by Gasteiger charge is 2.26. The minimum atomic E-state index is -0.168. The van der Waals surface area contributed by atoms with Crippen molar-refractivity contribution in [2.75, 3.05) is 25.0 Å². The maximum Gasteiger partial charge on any atom is 0.269 e. The first kappa shape index (κ1) is 15.6. The van der Waals surface area contributed by atoms with Gasteiger partial charge < -0.3 is 10.2 Å². The van der Waals surface area contributed by atoms with Crippen molar-refractivity contribution >= 4 is 17.4 Å². The van der Waals surface area contributed by atoms with Crippen LogP contribution in [-0.4, -0.2) is 45.6 Å². The van der Waals surface area contributed by atoms with E-state index in [-0.39, 0.29) is 11.8 Å². The van der Waals surface area contributed by atoms with Gasteiger partial charge in [0.15, 0.2) is 5.65 Å². The van der Waals surface area contributed by atoms with E-state index in [4.69, 9.17) is 0 Å². The minimum absolute atomic E-state index is 0.168. The molecule has 7 nitrogen and oxygen atoms in total. The van der Waals surface area contributed by atoms with Gasteiger partial charge in [-0.05, 0) is 37.1 Å². The number of carbonyl (C=O) groups excluding carboxylic acids is 1. The van der Waals surface area contributed by atoms with Crippen LogP contribution in [0, 0.1) is 0 Å². The van der Waals surface area contributed by atoms with Crippen molar-refractivity contribution in [2.45, 2.75) is 18.8 Å². The Kier molecular flexibility index (Phi) is 4.05. The van der Waals surface area contributed by atoms with Crippen LogP contribution in [-0.2, 0) is 0 Å². The van der Waals surface area contributed by atoms with Crippen LogP contribution >= 0.6 is 0 Å². The van der Waals surface area contributed by atoms with Crippen LogP contribution in [0.5, 0.6) is 0 Å². The summed E-state index contributed by atoms with van der Waals surface area (Å²) in [5.41, 5.74) is 1.31. The third-order valence-electron chi connectivity index (χ3n) is 4.64. The molecule has 1 amide bonds. The number of amides is 1. The number of anilines is 1. The van der Waals surface area contributed by atoms with Gasteiger partial charge in [-0.2, -0.15) is 0 Å². The van der Waals surface area contributed by atoms with Crippen LogP contribution in [0.25, 0.3) is 5.65 Å². The number of hydrogen-bond donors (Lipinski definition) is 1. The van der Waals surface area contributed by atoms with Gasteiger partial charge in [-0.1, -0.05) is 12.1 Å². The molecule has 0 radical (unpaired) electrons. The summed E-state index contributed by atoms with van der Waals surface area (Å²) in [4.78, 5) is 18.6. The van der Waals surface area contributed by atoms with E-state index in [0.29, 0.717) is 5.69 Å². The number of piperidine rings is 1. The first-order chi connectivity index (χ1) is 12.3. The molecule has 25 heavy (non-hydrogen) atoms. The van der Waals surface area contributed by atoms with E-state index < -0.39 is 0 Å². The lowest BCUT2D eigenvalue weighted by Crippen LogP contribution is -2.36. The molecule has 1 atom stereocenters. The molecule has 3 aromatic heterocycles. The third-order valence-corrected chi connectivity index (χ3v) is 4.64. The number of fused-ring (bicyclic) bond motifs is 1. The van der Waals surface area contributed by atoms with Gasteiger partial charge in [0.1, 0.15) is 17.3 Å². The fourth-order valence-electron chi connectivity index (χ4n) is 3.39. The number of aromatic nitrogens is 4. The summed E-state index contributed by atoms with van der Waals surface area (Å²) >= 11 is 0. The highest BCUT2D eigenvalue weighted by atomic mass is 16.1. The number of hydrogen-bond acceptors (Lipinski definition) is 5. The maximum absolute atomic E-state index is 11.8. The van der Waals surface area contributed by atoms with Crippen LogP contribution in [0.3, 0.4) is 0 Å². The van der Waals surface area contributed by atoms with E-state index in [1.165, 1.54) is 0 Å². The Balaban J connectivity index is 1.60. The second-order valence-electron chi connectivity index (χ2n) is 6.23. The molecule has 0 spiro atoms. The summed E-state index contributed by atoms with van der Waals surface area (Å²) in [7, 11) is 1.62. The molecule has 1 fully saturated rings. The average Bonchev–Trinajstić information content (AvgIpc) is 3.12. The van der Waals surface area contributed by atoms with E-state index in [2.05, 4.69) is 29.8 Å². The number of carbonyl (C=O) groups is 1. The molecule has 0 bridgehead atoms. The summed E-state index contributed by atoms with van der Waals surface area (Å²) in [6.45, 7) is 1.75. The Labute approximate surface area is 145 Å². The molecule has 128 valence electrons. The van der Waals surface area contributed by atoms with E-state index in [1.807, 2.05) is 36.5 Å². The molecule has 0 saturated carbocycles. The van der Waals surface area contributed by atoms with E-state index in [9.17, 15) is 4.79 Å². The third kappa shape index (κ3) is 2.93. The Bertz CT molecular complexity index is 905. The summed E-state index contributed by atoms with van der Waals surface area (Å²) in [5, 5.41) is 11.3. The van der Waals surface area contributed by atoms with Crippen LogP contribution in [0.4, 0.5) is 5.82 Å². The molecule has 4 rings (SSSR count). The van der Waals surface area contributed by atoms with Crippen molar-refractivity contribution in [3.05, 3.63) is 54.1 Å². The van der Waals surface area contributed by atoms with Crippen molar-refractivity contribution in [2.24, 2.45) is 0 Å². The topological polar surface area (TPSA) is 75.4 Å². The second kappa shape index (κ2) is 6.51. The van der Waals surface area contributed by atoms with E-state index in [0.717, 1.165) is 43.2 Å². The monoisotopic (exact) mass is 336 g/mol. The number of nitrogens with zero attached hydrogens (tertiary/aromatic N) is 5. The Morgan fingerprint density at radius 1 is 1.20 bits per heavy atom. The molecule has 0 unspecified atom stereocenters. The summed E-state index contributed by atoms with van der Waals surface area (Å²) < 4.78 is 2.06. The Morgan fingerprint density at radius 3 is 3.00 bits per heavy atom. The fraction of sp³-hybridized carbons (Fsp3) is 0.333. The van der Waals surface area contributed by atoms with Gasteiger partial charge in [-0.3, -0.25) is 9.20 Å². The second-order valence-corrected chi connectivity index (χ2v) is 6.23. The molecule has 1 saturated heterocycles. The minimum Gasteiger partial charge on any atom is -0.356 e. The summed E-state index contributed by atoms with van der Waals surface area (Å²) in [5.74, 6) is 1.94. The SMILES string of the molecule is CNC(=O)c1cccc(N2CCC[C@@H](c3nnc4ccccn34)C2)n1. The zero-order chi connectivity index (χ0) is 17.2. The summed E-state index contributed by atoms with van der Waals surface area (Å²) in [6.07, 6.45) is 4.13. The highest BCUT2D eigenvalue weighted by molar-refractivity contribution is 5.92. The fourth-order valence-corrected chi connectivity index (χ4v) is 3.39. The molecule has 4 heterocycles. The van der Waals surface area contributed by atoms with Crippen molar-refractivity contribution in [3.63, 3.8) is 0 Å². The number of pyridine rings is 2. The smallest absolute Gasteiger partial charge is 0.269 e. The summed E-state index contributed by atoms with van der Waals surface area (Å²) in [6, 6.07) is 11.5. The molecular formula is C18H20N6O. The molecular weight excluding hydrogens is 316 g/mol. The predicted molar refractivity (Wildman–Crippen MR) is 94.8 cm³/mol. The number of nitrogens with one attached hydrogen (secondary N) is 1. The first-order valence-corrected chi connectivity index (χ1v) is 8.50. The van der Waals surface area contributed by atoms with Crippen LogP contribution in [0.15, 0.2) is 42.6 Å². The van der Waals surface area contributed by atoms with Crippen LogP contribution in [0.2, 0.25) is 0 Å². The van der Waals surface area contributed by atoms with Gasteiger partial charge in [0.05, 0.1) is 0 Å². The highest BCUT2D eigenvalue weighted by Crippen LogP contribution is 2.28. The lowest BCUT2D eigenvalue weighted by molar-refractivity contribution is 0.0958. The predicted octanol–water partition coefficient (Wildman–Crippen LogP) is 1.87. The van der Waals surface area contributed by atoms with Gasteiger partial charge in [0.25, 0.3) is 5.91 Å². The molecule has 3 aromatic rings. The van der Waals surface area contributed by atoms with Crippen LogP contribution in [0.1, 0.15) is 35.1 Å². The molecule has 1 N–H and O–H groups in total. The largest absolute Gasteiger partial charge is 0.356 e. The van der Waals surface area contributed by atoms with Crippen molar-refractivity contribution in [1.82, 2.24) is 24.9 Å². The van der Waals surface area contributed by atoms with Crippen molar-refractivity contribution < 1.29 is 4.79 Å². The van der Waals surface area contributed by atoms with Crippen molar-refractivity contribution in [3.8, 4) is 0 Å². The number of rotatable bonds is 3. The van der Waals surface area contributed by atoms with Crippen LogP contribution < -0.4 is 10.2 Å². The van der Waals surface area contributed by atoms with Crippen molar-refractivity contribution in [1.29, 1.82) is 0 Å². The van der Waals surface area contributed by atoms with E-state index in [1.54, 1.807) is 13.1 Å². The van der Waals surface area contributed by atoms with Gasteiger partial charge in [-0.25, -0.2) is 4.98 Å². The molecule has 7 heteroatoms. The lowest BCUT2D eigenvalue weighted by Gasteiger charge is -2.33. The molecule has 0 aromatic carbocycles. The molecule has 1 aliphatic rings. The Hall–Kier alpha value is -2.96. The lowest BCUT2D eigenvalue weighted by atomic mass is 9.97. The quantitative estimate of drug-likeness (QED) is 0.790. The zero-order valence-corrected chi connectivity index (χ0v) is 14.1. The van der Waals surface area contributed by atoms with Gasteiger partial charge in [-0.15, -0.1) is 10.2 Å². The molecule has 0 aliphatic carbocycles. The van der Waals surface area contributed by atoms with E-state index >= 15 is 0 Å². The maximum atomic E-state index is 11.8. The normalized spacial score (nSPS) is 17.6. The average molecular weight is 336 g/mol. The standard InChI is InChI=1S/C18H20N6O/c1-19-18(25)14-7-4-9-15(20-14)23-10-5-6-13(12-23)17-22-21-16-8-2-3-11-24(16)17/h2-4,7-9,11,13H,5-6,10,12H2,1H3,(H,19,25)/t13-/m1/s1. The first-order valence-electron chi connectivity index (χ1n) is 8.50. The van der Waals surface area contributed by atoms with Gasteiger partial charge in [0, 0.05) is 32.3 Å². The van der Waals surface area contributed by atoms with Gasteiger partial charge in [0.2, 0.25) is 0 Å². The molecule has 1 aliphatic heterocycles. The Morgan fingerprint density at radius 2 is 2.12 bits per heavy atom. The van der Waals surface area contributed by atoms with Gasteiger partial charge >= 0.3 is 0 Å². The zero-order valence-electron chi connectivity index (χ0n) is 14.1.